The number of benzene rings is 1. The predicted octanol–water partition coefficient (Wildman–Crippen LogP) is 2.51. The van der Waals surface area contributed by atoms with Crippen LogP contribution < -0.4 is 9.64 Å². The lowest BCUT2D eigenvalue weighted by Crippen LogP contribution is -2.39. The third-order valence-electron chi connectivity index (χ3n) is 5.18. The van der Waals surface area contributed by atoms with E-state index in [1.54, 1.807) is 4.63 Å². The van der Waals surface area contributed by atoms with Gasteiger partial charge in [-0.15, -0.1) is 14.8 Å². The molecule has 2 aliphatic heterocycles. The fourth-order valence-electron chi connectivity index (χ4n) is 3.76. The van der Waals surface area contributed by atoms with Crippen molar-refractivity contribution in [3.63, 3.8) is 0 Å². The SMILES string of the molecule is Cc1cc2ncnn2nc1N1CCC(Oc2ccc3c(c2)COC3)CC1. The van der Waals surface area contributed by atoms with E-state index in [1.165, 1.54) is 17.5 Å². The van der Waals surface area contributed by atoms with Crippen molar-refractivity contribution in [2.45, 2.75) is 39.1 Å². The molecule has 2 aliphatic rings. The molecular weight excluding hydrogens is 330 g/mol. The maximum absolute atomic E-state index is 6.22. The van der Waals surface area contributed by atoms with E-state index in [0.29, 0.717) is 6.61 Å². The maximum Gasteiger partial charge on any atom is 0.176 e. The second-order valence-corrected chi connectivity index (χ2v) is 6.99. The number of anilines is 1. The summed E-state index contributed by atoms with van der Waals surface area (Å²) < 4.78 is 13.3. The quantitative estimate of drug-likeness (QED) is 0.722. The Labute approximate surface area is 151 Å². The lowest BCUT2D eigenvalue weighted by Gasteiger charge is -2.33. The summed E-state index contributed by atoms with van der Waals surface area (Å²) in [7, 11) is 0. The Bertz CT molecular complexity index is 946. The van der Waals surface area contributed by atoms with Gasteiger partial charge in [0.1, 0.15) is 18.2 Å². The highest BCUT2D eigenvalue weighted by atomic mass is 16.5. The van der Waals surface area contributed by atoms with Gasteiger partial charge in [-0.05, 0) is 41.8 Å². The average Bonchev–Trinajstić information content (AvgIpc) is 3.30. The molecule has 5 rings (SSSR count). The standard InChI is InChI=1S/C19H21N5O2/c1-13-8-18-20-12-21-24(18)22-19(13)23-6-4-16(5-7-23)26-17-3-2-14-10-25-11-15(14)9-17/h2-3,8-9,12,16H,4-7,10-11H2,1H3. The molecule has 0 unspecified atom stereocenters. The molecule has 7 heteroatoms. The van der Waals surface area contributed by atoms with Crippen LogP contribution in [-0.2, 0) is 18.0 Å². The van der Waals surface area contributed by atoms with Gasteiger partial charge in [0.05, 0.1) is 13.2 Å². The van der Waals surface area contributed by atoms with Crippen LogP contribution in [0.15, 0.2) is 30.6 Å². The van der Waals surface area contributed by atoms with E-state index in [-0.39, 0.29) is 6.10 Å². The van der Waals surface area contributed by atoms with Crippen LogP contribution in [0.3, 0.4) is 0 Å². The minimum Gasteiger partial charge on any atom is -0.490 e. The average molecular weight is 351 g/mol. The lowest BCUT2D eigenvalue weighted by molar-refractivity contribution is 0.134. The third-order valence-corrected chi connectivity index (χ3v) is 5.18. The molecule has 0 spiro atoms. The van der Waals surface area contributed by atoms with Crippen LogP contribution in [0.2, 0.25) is 0 Å². The highest BCUT2D eigenvalue weighted by Crippen LogP contribution is 2.28. The van der Waals surface area contributed by atoms with E-state index in [1.807, 2.05) is 6.07 Å². The van der Waals surface area contributed by atoms with Crippen molar-refractivity contribution < 1.29 is 9.47 Å². The first kappa shape index (κ1) is 15.6. The van der Waals surface area contributed by atoms with Gasteiger partial charge in [0.2, 0.25) is 0 Å². The molecule has 0 bridgehead atoms. The number of fused-ring (bicyclic) bond motifs is 2. The largest absolute Gasteiger partial charge is 0.490 e. The molecule has 0 saturated carbocycles. The van der Waals surface area contributed by atoms with E-state index >= 15 is 0 Å². The first-order valence-corrected chi connectivity index (χ1v) is 9.05. The van der Waals surface area contributed by atoms with E-state index < -0.39 is 0 Å². The second-order valence-electron chi connectivity index (χ2n) is 6.99. The van der Waals surface area contributed by atoms with Gasteiger partial charge >= 0.3 is 0 Å². The summed E-state index contributed by atoms with van der Waals surface area (Å²) in [6.45, 7) is 5.34. The van der Waals surface area contributed by atoms with Gasteiger partial charge in [-0.3, -0.25) is 0 Å². The van der Waals surface area contributed by atoms with Crippen LogP contribution in [0.4, 0.5) is 5.82 Å². The zero-order valence-electron chi connectivity index (χ0n) is 14.8. The molecule has 2 aromatic heterocycles. The molecule has 4 heterocycles. The van der Waals surface area contributed by atoms with E-state index in [2.05, 4.69) is 45.2 Å². The molecule has 0 N–H and O–H groups in total. The summed E-state index contributed by atoms with van der Waals surface area (Å²) in [6.07, 6.45) is 3.73. The van der Waals surface area contributed by atoms with Crippen LogP contribution in [0.1, 0.15) is 29.5 Å². The molecule has 1 aromatic carbocycles. The molecule has 0 atom stereocenters. The number of aryl methyl sites for hydroxylation is 1. The van der Waals surface area contributed by atoms with E-state index in [9.17, 15) is 0 Å². The number of aromatic nitrogens is 4. The smallest absolute Gasteiger partial charge is 0.176 e. The fourth-order valence-corrected chi connectivity index (χ4v) is 3.76. The van der Waals surface area contributed by atoms with Crippen LogP contribution >= 0.6 is 0 Å². The van der Waals surface area contributed by atoms with Gasteiger partial charge in [0, 0.05) is 25.9 Å². The Morgan fingerprint density at radius 2 is 1.96 bits per heavy atom. The molecular formula is C19H21N5O2. The van der Waals surface area contributed by atoms with Crippen molar-refractivity contribution in [1.82, 2.24) is 19.8 Å². The number of hydrogen-bond donors (Lipinski definition) is 0. The summed E-state index contributed by atoms with van der Waals surface area (Å²) in [6, 6.07) is 8.33. The summed E-state index contributed by atoms with van der Waals surface area (Å²) in [5.74, 6) is 1.93. The van der Waals surface area contributed by atoms with Gasteiger partial charge in [-0.25, -0.2) is 4.98 Å². The molecule has 0 amide bonds. The van der Waals surface area contributed by atoms with Crippen LogP contribution in [0, 0.1) is 6.92 Å². The number of nitrogens with zero attached hydrogens (tertiary/aromatic N) is 5. The summed E-state index contributed by atoms with van der Waals surface area (Å²) in [5.41, 5.74) is 4.44. The normalized spacial score (nSPS) is 17.7. The van der Waals surface area contributed by atoms with Gasteiger partial charge in [-0.1, -0.05) is 6.07 Å². The van der Waals surface area contributed by atoms with Crippen molar-refractivity contribution in [2.75, 3.05) is 18.0 Å². The number of rotatable bonds is 3. The molecule has 1 fully saturated rings. The Kier molecular flexibility index (Phi) is 3.74. The third kappa shape index (κ3) is 2.78. The molecule has 1 saturated heterocycles. The van der Waals surface area contributed by atoms with Gasteiger partial charge in [0.25, 0.3) is 0 Å². The molecule has 0 aliphatic carbocycles. The predicted molar refractivity (Wildman–Crippen MR) is 96.3 cm³/mol. The van der Waals surface area contributed by atoms with Gasteiger partial charge in [-0.2, -0.15) is 0 Å². The Hall–Kier alpha value is -2.67. The lowest BCUT2D eigenvalue weighted by atomic mass is 10.1. The molecule has 134 valence electrons. The Morgan fingerprint density at radius 1 is 1.12 bits per heavy atom. The van der Waals surface area contributed by atoms with E-state index in [0.717, 1.165) is 55.3 Å². The van der Waals surface area contributed by atoms with Crippen molar-refractivity contribution in [1.29, 1.82) is 0 Å². The van der Waals surface area contributed by atoms with Crippen molar-refractivity contribution in [3.05, 3.63) is 47.3 Å². The van der Waals surface area contributed by atoms with Crippen LogP contribution in [-0.4, -0.2) is 39.0 Å². The molecule has 3 aromatic rings. The number of ether oxygens (including phenoxy) is 2. The number of piperidine rings is 1. The molecule has 0 radical (unpaired) electrons. The van der Waals surface area contributed by atoms with Crippen molar-refractivity contribution >= 4 is 11.5 Å². The summed E-state index contributed by atoms with van der Waals surface area (Å²) >= 11 is 0. The summed E-state index contributed by atoms with van der Waals surface area (Å²) in [4.78, 5) is 6.50. The topological polar surface area (TPSA) is 64.8 Å². The van der Waals surface area contributed by atoms with Crippen LogP contribution in [0.25, 0.3) is 5.65 Å². The first-order chi connectivity index (χ1) is 12.8. The number of hydrogen-bond acceptors (Lipinski definition) is 6. The molecule has 7 nitrogen and oxygen atoms in total. The van der Waals surface area contributed by atoms with Crippen molar-refractivity contribution in [3.8, 4) is 5.75 Å². The van der Waals surface area contributed by atoms with Crippen LogP contribution in [0.5, 0.6) is 5.75 Å². The van der Waals surface area contributed by atoms with Gasteiger partial charge in [0.15, 0.2) is 11.5 Å². The van der Waals surface area contributed by atoms with Crippen molar-refractivity contribution in [2.24, 2.45) is 0 Å². The zero-order chi connectivity index (χ0) is 17.5. The highest BCUT2D eigenvalue weighted by molar-refractivity contribution is 5.52. The first-order valence-electron chi connectivity index (χ1n) is 9.05. The zero-order valence-corrected chi connectivity index (χ0v) is 14.8. The Balaban J connectivity index is 1.26. The Morgan fingerprint density at radius 3 is 2.85 bits per heavy atom. The van der Waals surface area contributed by atoms with E-state index in [4.69, 9.17) is 9.47 Å². The minimum absolute atomic E-state index is 0.238. The van der Waals surface area contributed by atoms with Gasteiger partial charge < -0.3 is 14.4 Å². The monoisotopic (exact) mass is 351 g/mol. The highest BCUT2D eigenvalue weighted by Gasteiger charge is 2.24. The minimum atomic E-state index is 0.238. The molecule has 26 heavy (non-hydrogen) atoms. The second kappa shape index (κ2) is 6.25. The maximum atomic E-state index is 6.22. The fraction of sp³-hybridized carbons (Fsp3) is 0.421. The summed E-state index contributed by atoms with van der Waals surface area (Å²) in [5, 5.41) is 8.77.